The minimum absolute atomic E-state index is 0.0177. The Morgan fingerprint density at radius 3 is 1.37 bits per heavy atom. The summed E-state index contributed by atoms with van der Waals surface area (Å²) in [5.74, 6) is -0.0116. The van der Waals surface area contributed by atoms with Crippen LogP contribution in [0, 0.1) is 0 Å². The molecule has 304 valence electrons. The highest BCUT2D eigenvalue weighted by Crippen LogP contribution is 2.18. The maximum atomic E-state index is 12.7. The van der Waals surface area contributed by atoms with E-state index in [9.17, 15) is 9.59 Å². The van der Waals surface area contributed by atoms with E-state index in [1.54, 1.807) is 0 Å². The van der Waals surface area contributed by atoms with Gasteiger partial charge in [0, 0.05) is 19.4 Å². The number of rotatable bonds is 42. The summed E-state index contributed by atoms with van der Waals surface area (Å²) in [6.45, 7) is 11.2. The molecular weight excluding hydrogens is 636 g/mol. The zero-order chi connectivity index (χ0) is 37.3. The van der Waals surface area contributed by atoms with Gasteiger partial charge in [-0.15, -0.1) is 0 Å². The van der Waals surface area contributed by atoms with E-state index in [4.69, 9.17) is 14.7 Å². The average molecular weight is 725 g/mol. The summed E-state index contributed by atoms with van der Waals surface area (Å²) in [4.78, 5) is 27.3. The highest BCUT2D eigenvalue weighted by molar-refractivity contribution is 5.69. The Balaban J connectivity index is 4.11. The number of esters is 2. The smallest absolute Gasteiger partial charge is 0.306 e. The van der Waals surface area contributed by atoms with Crippen LogP contribution in [0.5, 0.6) is 0 Å². The number of hydrogen-bond acceptors (Lipinski definition) is 7. The number of unbranched alkanes of at least 4 members (excludes halogenated alkanes) is 23. The molecule has 0 spiro atoms. The van der Waals surface area contributed by atoms with Gasteiger partial charge in [0.1, 0.15) is 6.10 Å². The lowest BCUT2D eigenvalue weighted by Crippen LogP contribution is -2.29. The van der Waals surface area contributed by atoms with Gasteiger partial charge in [0.2, 0.25) is 0 Å². The molecule has 0 bridgehead atoms. The van der Waals surface area contributed by atoms with Crippen molar-refractivity contribution in [1.82, 2.24) is 10.4 Å². The van der Waals surface area contributed by atoms with Gasteiger partial charge in [0.15, 0.2) is 0 Å². The van der Waals surface area contributed by atoms with Crippen molar-refractivity contribution in [2.45, 2.75) is 239 Å². The van der Waals surface area contributed by atoms with Crippen LogP contribution >= 0.6 is 0 Å². The second-order valence-corrected chi connectivity index (χ2v) is 15.4. The third-order valence-electron chi connectivity index (χ3n) is 10.3. The monoisotopic (exact) mass is 725 g/mol. The molecule has 0 radical (unpaired) electrons. The van der Waals surface area contributed by atoms with Crippen LogP contribution in [-0.2, 0) is 19.1 Å². The predicted molar refractivity (Wildman–Crippen MR) is 216 cm³/mol. The van der Waals surface area contributed by atoms with E-state index in [2.05, 4.69) is 31.2 Å². The molecule has 0 saturated carbocycles. The number of carbonyl (C=O) groups excluding carboxylic acids is 2. The summed E-state index contributed by atoms with van der Waals surface area (Å²) >= 11 is 0. The molecule has 2 N–H and O–H groups in total. The molecule has 0 fully saturated rings. The summed E-state index contributed by atoms with van der Waals surface area (Å²) in [6.07, 6.45) is 38.0. The number of nitrogens with zero attached hydrogens (tertiary/aromatic N) is 1. The molecular formula is C44H88N2O5. The first-order chi connectivity index (χ1) is 25.1. The fourth-order valence-corrected chi connectivity index (χ4v) is 6.94. The van der Waals surface area contributed by atoms with Crippen molar-refractivity contribution in [3.8, 4) is 0 Å². The van der Waals surface area contributed by atoms with Gasteiger partial charge < -0.3 is 19.6 Å². The largest absolute Gasteiger partial charge is 0.466 e. The molecule has 51 heavy (non-hydrogen) atoms. The van der Waals surface area contributed by atoms with E-state index < -0.39 is 0 Å². The second-order valence-electron chi connectivity index (χ2n) is 15.4. The molecule has 0 heterocycles. The van der Waals surface area contributed by atoms with E-state index in [1.165, 1.54) is 135 Å². The SMILES string of the molecule is CCCCCCCCOC(=O)CCCCCCCN(CCCCCCCC(=O)OC(CCCCCCCC)CCCCCCCC)CCCNO. The van der Waals surface area contributed by atoms with Crippen molar-refractivity contribution >= 4 is 11.9 Å². The molecule has 0 aliphatic rings. The Morgan fingerprint density at radius 1 is 0.490 bits per heavy atom. The normalized spacial score (nSPS) is 11.6. The highest BCUT2D eigenvalue weighted by Gasteiger charge is 2.14. The molecule has 0 amide bonds. The molecule has 0 aromatic rings. The fourth-order valence-electron chi connectivity index (χ4n) is 6.94. The first kappa shape index (κ1) is 49.8. The average Bonchev–Trinajstić information content (AvgIpc) is 3.12. The third kappa shape index (κ3) is 38.4. The summed E-state index contributed by atoms with van der Waals surface area (Å²) < 4.78 is 11.4. The molecule has 0 aliphatic carbocycles. The lowest BCUT2D eigenvalue weighted by atomic mass is 10.0. The van der Waals surface area contributed by atoms with Crippen LogP contribution in [0.15, 0.2) is 0 Å². The Labute approximate surface area is 317 Å². The van der Waals surface area contributed by atoms with E-state index in [1.807, 2.05) is 0 Å². The van der Waals surface area contributed by atoms with Gasteiger partial charge in [-0.3, -0.25) is 9.59 Å². The Morgan fingerprint density at radius 2 is 0.882 bits per heavy atom. The van der Waals surface area contributed by atoms with Gasteiger partial charge in [-0.1, -0.05) is 156 Å². The minimum Gasteiger partial charge on any atom is -0.466 e. The summed E-state index contributed by atoms with van der Waals surface area (Å²) in [5.41, 5.74) is 2.30. The quantitative estimate of drug-likeness (QED) is 0.0368. The Bertz CT molecular complexity index is 706. The van der Waals surface area contributed by atoms with Crippen molar-refractivity contribution in [2.75, 3.05) is 32.8 Å². The second kappa shape index (κ2) is 41.6. The maximum absolute atomic E-state index is 12.7. The number of ether oxygens (including phenoxy) is 2. The van der Waals surface area contributed by atoms with Crippen LogP contribution in [0.25, 0.3) is 0 Å². The molecule has 0 atom stereocenters. The molecule has 0 aliphatic heterocycles. The van der Waals surface area contributed by atoms with Crippen LogP contribution in [-0.4, -0.2) is 60.9 Å². The number of nitrogens with one attached hydrogen (secondary N) is 1. The van der Waals surface area contributed by atoms with Gasteiger partial charge in [-0.05, 0) is 83.8 Å². The van der Waals surface area contributed by atoms with Crippen LogP contribution in [0.1, 0.15) is 233 Å². The third-order valence-corrected chi connectivity index (χ3v) is 10.3. The standard InChI is InChI=1S/C44H88N2O5/c1-4-7-10-13-18-25-33-42(34-26-19-14-11-8-5-2)51-44(48)36-28-21-17-23-30-39-46(40-32-37-45-49)38-29-22-16-20-27-35-43(47)50-41-31-24-15-12-9-6-3/h42,45,49H,4-41H2,1-3H3. The number of hydrogen-bond donors (Lipinski definition) is 2. The lowest BCUT2D eigenvalue weighted by molar-refractivity contribution is -0.150. The summed E-state index contributed by atoms with van der Waals surface area (Å²) in [7, 11) is 0. The van der Waals surface area contributed by atoms with Gasteiger partial charge in [0.25, 0.3) is 0 Å². The minimum atomic E-state index is -0.0293. The molecule has 0 aromatic carbocycles. The summed E-state index contributed by atoms with van der Waals surface area (Å²) in [6, 6.07) is 0. The molecule has 0 aromatic heterocycles. The lowest BCUT2D eigenvalue weighted by Gasteiger charge is -2.22. The Kier molecular flexibility index (Phi) is 40.6. The summed E-state index contributed by atoms with van der Waals surface area (Å²) in [5, 5.41) is 9.01. The van der Waals surface area contributed by atoms with Crippen LogP contribution in [0.2, 0.25) is 0 Å². The topological polar surface area (TPSA) is 88.1 Å². The fraction of sp³-hybridized carbons (Fsp3) is 0.955. The number of hydroxylamine groups is 1. The van der Waals surface area contributed by atoms with Gasteiger partial charge in [-0.25, -0.2) is 5.48 Å². The molecule has 7 heteroatoms. The first-order valence-corrected chi connectivity index (χ1v) is 22.5. The van der Waals surface area contributed by atoms with Crippen LogP contribution < -0.4 is 5.48 Å². The van der Waals surface area contributed by atoms with E-state index >= 15 is 0 Å². The van der Waals surface area contributed by atoms with E-state index in [-0.39, 0.29) is 18.0 Å². The maximum Gasteiger partial charge on any atom is 0.306 e. The van der Waals surface area contributed by atoms with Crippen molar-refractivity contribution in [1.29, 1.82) is 0 Å². The van der Waals surface area contributed by atoms with Gasteiger partial charge in [0.05, 0.1) is 6.61 Å². The van der Waals surface area contributed by atoms with Gasteiger partial charge in [-0.2, -0.15) is 0 Å². The predicted octanol–water partition coefficient (Wildman–Crippen LogP) is 12.7. The van der Waals surface area contributed by atoms with Crippen molar-refractivity contribution in [3.63, 3.8) is 0 Å². The van der Waals surface area contributed by atoms with Gasteiger partial charge >= 0.3 is 11.9 Å². The Hall–Kier alpha value is -1.18. The van der Waals surface area contributed by atoms with Crippen molar-refractivity contribution < 1.29 is 24.3 Å². The van der Waals surface area contributed by atoms with Crippen LogP contribution in [0.3, 0.4) is 0 Å². The van der Waals surface area contributed by atoms with Crippen molar-refractivity contribution in [2.24, 2.45) is 0 Å². The number of carbonyl (C=O) groups is 2. The molecule has 0 unspecified atom stereocenters. The first-order valence-electron chi connectivity index (χ1n) is 22.5. The molecule has 7 nitrogen and oxygen atoms in total. The van der Waals surface area contributed by atoms with Crippen molar-refractivity contribution in [3.05, 3.63) is 0 Å². The highest BCUT2D eigenvalue weighted by atomic mass is 16.5. The van der Waals surface area contributed by atoms with Crippen LogP contribution in [0.4, 0.5) is 0 Å². The zero-order valence-corrected chi connectivity index (χ0v) is 34.5. The van der Waals surface area contributed by atoms with E-state index in [0.29, 0.717) is 26.0 Å². The molecule has 0 rings (SSSR count). The van der Waals surface area contributed by atoms with E-state index in [0.717, 1.165) is 83.8 Å². The zero-order valence-electron chi connectivity index (χ0n) is 34.5. The molecule has 0 saturated heterocycles.